The number of alkyl halides is 6. The van der Waals surface area contributed by atoms with E-state index in [-0.39, 0.29) is 11.6 Å². The van der Waals surface area contributed by atoms with Crippen LogP contribution in [0.25, 0.3) is 0 Å². The summed E-state index contributed by atoms with van der Waals surface area (Å²) in [7, 11) is 0. The highest BCUT2D eigenvalue weighted by atomic mass is 19.4. The first-order chi connectivity index (χ1) is 10.5. The summed E-state index contributed by atoms with van der Waals surface area (Å²) in [5, 5.41) is 0. The molecule has 0 unspecified atom stereocenters. The highest BCUT2D eigenvalue weighted by Crippen LogP contribution is 2.35. The van der Waals surface area contributed by atoms with Crippen molar-refractivity contribution >= 4 is 0 Å². The largest absolute Gasteiger partial charge is 0.416 e. The molecular formula is C17H24F6. The van der Waals surface area contributed by atoms with E-state index in [9.17, 15) is 26.3 Å². The topological polar surface area (TPSA) is 0 Å². The summed E-state index contributed by atoms with van der Waals surface area (Å²) >= 11 is 0. The number of unbranched alkanes of at least 4 members (excludes halogenated alkanes) is 5. The SMILES string of the molecule is CCCCCCCC.Cc1cc(C(F)(F)F)cc(C(F)(F)F)c1. The zero-order chi connectivity index (χ0) is 18.1. The molecule has 0 N–H and O–H groups in total. The number of benzene rings is 1. The molecule has 6 heteroatoms. The molecule has 0 bridgehead atoms. The van der Waals surface area contributed by atoms with Crippen LogP contribution in [0, 0.1) is 6.92 Å². The molecule has 23 heavy (non-hydrogen) atoms. The number of halogens is 6. The molecule has 1 rings (SSSR count). The Kier molecular flexibility index (Phi) is 9.32. The fraction of sp³-hybridized carbons (Fsp3) is 0.647. The van der Waals surface area contributed by atoms with Gasteiger partial charge in [-0.15, -0.1) is 0 Å². The minimum atomic E-state index is -4.76. The Balaban J connectivity index is 0.000000515. The molecule has 0 aliphatic rings. The summed E-state index contributed by atoms with van der Waals surface area (Å²) in [4.78, 5) is 0. The van der Waals surface area contributed by atoms with Gasteiger partial charge in [0, 0.05) is 0 Å². The van der Waals surface area contributed by atoms with Gasteiger partial charge in [0.15, 0.2) is 0 Å². The second kappa shape index (κ2) is 9.83. The first-order valence-electron chi connectivity index (χ1n) is 7.78. The molecule has 0 aliphatic carbocycles. The normalized spacial score (nSPS) is 11.9. The maximum Gasteiger partial charge on any atom is 0.416 e. The van der Waals surface area contributed by atoms with E-state index in [0.29, 0.717) is 12.1 Å². The second-order valence-corrected chi connectivity index (χ2v) is 5.50. The van der Waals surface area contributed by atoms with Gasteiger partial charge < -0.3 is 0 Å². The third-order valence-electron chi connectivity index (χ3n) is 3.19. The number of rotatable bonds is 5. The third kappa shape index (κ3) is 9.51. The van der Waals surface area contributed by atoms with E-state index in [4.69, 9.17) is 0 Å². The van der Waals surface area contributed by atoms with Crippen molar-refractivity contribution in [3.05, 3.63) is 34.9 Å². The molecule has 0 saturated carbocycles. The zero-order valence-electron chi connectivity index (χ0n) is 13.7. The van der Waals surface area contributed by atoms with Crippen LogP contribution in [0.15, 0.2) is 18.2 Å². The van der Waals surface area contributed by atoms with Crippen LogP contribution in [0.5, 0.6) is 0 Å². The Labute approximate surface area is 133 Å². The van der Waals surface area contributed by atoms with Crippen LogP contribution < -0.4 is 0 Å². The minimum Gasteiger partial charge on any atom is -0.166 e. The summed E-state index contributed by atoms with van der Waals surface area (Å²) in [6.07, 6.45) is -1.03. The summed E-state index contributed by atoms with van der Waals surface area (Å²) in [6.45, 7) is 5.70. The molecule has 0 fully saturated rings. The standard InChI is InChI=1S/C9H6F6.C8H18/c1-5-2-6(8(10,11)12)4-7(3-5)9(13,14)15;1-3-5-7-8-6-4-2/h2-4H,1H3;3-8H2,1-2H3. The van der Waals surface area contributed by atoms with Gasteiger partial charge in [-0.25, -0.2) is 0 Å². The summed E-state index contributed by atoms with van der Waals surface area (Å²) in [5.41, 5.74) is -2.64. The van der Waals surface area contributed by atoms with Gasteiger partial charge in [-0.3, -0.25) is 0 Å². The zero-order valence-corrected chi connectivity index (χ0v) is 13.7. The van der Waals surface area contributed by atoms with E-state index in [2.05, 4.69) is 13.8 Å². The van der Waals surface area contributed by atoms with Crippen molar-refractivity contribution in [2.45, 2.75) is 71.6 Å². The van der Waals surface area contributed by atoms with Crippen molar-refractivity contribution in [1.82, 2.24) is 0 Å². The number of hydrogen-bond donors (Lipinski definition) is 0. The lowest BCUT2D eigenvalue weighted by atomic mass is 10.1. The van der Waals surface area contributed by atoms with E-state index in [1.807, 2.05) is 0 Å². The van der Waals surface area contributed by atoms with E-state index < -0.39 is 23.5 Å². The number of aryl methyl sites for hydroxylation is 1. The summed E-state index contributed by atoms with van der Waals surface area (Å²) in [6, 6.07) is 1.46. The van der Waals surface area contributed by atoms with Gasteiger partial charge >= 0.3 is 12.4 Å². The van der Waals surface area contributed by atoms with Crippen molar-refractivity contribution in [2.24, 2.45) is 0 Å². The lowest BCUT2D eigenvalue weighted by Gasteiger charge is -2.12. The fourth-order valence-corrected chi connectivity index (χ4v) is 1.96. The Bertz CT molecular complexity index is 407. The second-order valence-electron chi connectivity index (χ2n) is 5.50. The lowest BCUT2D eigenvalue weighted by Crippen LogP contribution is -2.11. The minimum absolute atomic E-state index is 0.0721. The van der Waals surface area contributed by atoms with Crippen LogP contribution in [-0.4, -0.2) is 0 Å². The van der Waals surface area contributed by atoms with E-state index in [1.165, 1.54) is 45.4 Å². The average molecular weight is 342 g/mol. The molecule has 0 atom stereocenters. The molecule has 0 radical (unpaired) electrons. The first-order valence-corrected chi connectivity index (χ1v) is 7.78. The van der Waals surface area contributed by atoms with Crippen molar-refractivity contribution in [3.8, 4) is 0 Å². The quantitative estimate of drug-likeness (QED) is 0.386. The van der Waals surface area contributed by atoms with Gasteiger partial charge in [-0.1, -0.05) is 52.4 Å². The van der Waals surface area contributed by atoms with Crippen LogP contribution in [0.3, 0.4) is 0 Å². The van der Waals surface area contributed by atoms with Crippen LogP contribution >= 0.6 is 0 Å². The summed E-state index contributed by atoms with van der Waals surface area (Å²) < 4.78 is 73.0. The maximum absolute atomic E-state index is 12.2. The Morgan fingerprint density at radius 2 is 1.00 bits per heavy atom. The molecular weight excluding hydrogens is 318 g/mol. The van der Waals surface area contributed by atoms with Crippen molar-refractivity contribution in [2.75, 3.05) is 0 Å². The van der Waals surface area contributed by atoms with Crippen molar-refractivity contribution < 1.29 is 26.3 Å². The maximum atomic E-state index is 12.2. The molecule has 1 aromatic carbocycles. The first kappa shape index (κ1) is 21.8. The van der Waals surface area contributed by atoms with Crippen molar-refractivity contribution in [1.29, 1.82) is 0 Å². The third-order valence-corrected chi connectivity index (χ3v) is 3.19. The van der Waals surface area contributed by atoms with E-state index in [1.54, 1.807) is 0 Å². The van der Waals surface area contributed by atoms with E-state index >= 15 is 0 Å². The lowest BCUT2D eigenvalue weighted by molar-refractivity contribution is -0.143. The monoisotopic (exact) mass is 342 g/mol. The molecule has 0 aromatic heterocycles. The van der Waals surface area contributed by atoms with Crippen LogP contribution in [0.2, 0.25) is 0 Å². The van der Waals surface area contributed by atoms with Gasteiger partial charge in [0.1, 0.15) is 0 Å². The summed E-state index contributed by atoms with van der Waals surface area (Å²) in [5.74, 6) is 0. The molecule has 1 aromatic rings. The molecule has 0 amide bonds. The van der Waals surface area contributed by atoms with Gasteiger partial charge in [-0.2, -0.15) is 26.3 Å². The molecule has 0 aliphatic heterocycles. The number of hydrogen-bond acceptors (Lipinski definition) is 0. The van der Waals surface area contributed by atoms with E-state index in [0.717, 1.165) is 0 Å². The van der Waals surface area contributed by atoms with Crippen molar-refractivity contribution in [3.63, 3.8) is 0 Å². The van der Waals surface area contributed by atoms with Crippen LogP contribution in [-0.2, 0) is 12.4 Å². The molecule has 0 nitrogen and oxygen atoms in total. The van der Waals surface area contributed by atoms with Crippen LogP contribution in [0.4, 0.5) is 26.3 Å². The Morgan fingerprint density at radius 3 is 1.26 bits per heavy atom. The Morgan fingerprint density at radius 1 is 0.652 bits per heavy atom. The van der Waals surface area contributed by atoms with Gasteiger partial charge in [0.25, 0.3) is 0 Å². The molecule has 0 spiro atoms. The molecule has 134 valence electrons. The Hall–Kier alpha value is -1.20. The molecule has 0 saturated heterocycles. The predicted octanol–water partition coefficient (Wildman–Crippen LogP) is 7.40. The highest BCUT2D eigenvalue weighted by molar-refractivity contribution is 5.32. The predicted molar refractivity (Wildman–Crippen MR) is 80.2 cm³/mol. The van der Waals surface area contributed by atoms with Crippen LogP contribution in [0.1, 0.15) is 69.1 Å². The fourth-order valence-electron chi connectivity index (χ4n) is 1.96. The average Bonchev–Trinajstić information content (AvgIpc) is 2.42. The highest BCUT2D eigenvalue weighted by Gasteiger charge is 2.36. The van der Waals surface area contributed by atoms with Gasteiger partial charge in [-0.05, 0) is 30.7 Å². The van der Waals surface area contributed by atoms with Gasteiger partial charge in [0.05, 0.1) is 11.1 Å². The van der Waals surface area contributed by atoms with Gasteiger partial charge in [0.2, 0.25) is 0 Å². The molecule has 0 heterocycles. The smallest absolute Gasteiger partial charge is 0.166 e.